The largest absolute Gasteiger partial charge is 0.383 e. The number of benzene rings is 3. The van der Waals surface area contributed by atoms with Crippen molar-refractivity contribution in [2.75, 3.05) is 17.3 Å². The average Bonchev–Trinajstić information content (AvgIpc) is 3.23. The molecule has 0 aliphatic heterocycles. The van der Waals surface area contributed by atoms with Gasteiger partial charge < -0.3 is 11.1 Å². The third kappa shape index (κ3) is 4.32. The van der Waals surface area contributed by atoms with Gasteiger partial charge in [0.2, 0.25) is 0 Å². The first-order chi connectivity index (χ1) is 17.2. The smallest absolute Gasteiger partial charge is 0.256 e. The minimum Gasteiger partial charge on any atom is -0.383 e. The summed E-state index contributed by atoms with van der Waals surface area (Å²) in [7, 11) is -3.40. The van der Waals surface area contributed by atoms with Gasteiger partial charge in [0.1, 0.15) is 11.6 Å². The van der Waals surface area contributed by atoms with E-state index < -0.39 is 9.84 Å². The molecule has 3 aromatic carbocycles. The number of nitrogen functional groups attached to an aromatic ring is 1. The van der Waals surface area contributed by atoms with Crippen molar-refractivity contribution >= 4 is 38.2 Å². The van der Waals surface area contributed by atoms with Gasteiger partial charge in [-0.15, -0.1) is 0 Å². The van der Waals surface area contributed by atoms with Gasteiger partial charge in [-0.3, -0.25) is 4.79 Å². The summed E-state index contributed by atoms with van der Waals surface area (Å²) < 4.78 is 26.0. The van der Waals surface area contributed by atoms with Crippen molar-refractivity contribution in [2.45, 2.75) is 11.8 Å². The lowest BCUT2D eigenvalue weighted by molar-refractivity contribution is 0.102. The highest BCUT2D eigenvalue weighted by atomic mass is 32.2. The maximum atomic E-state index is 13.1. The first-order valence-corrected chi connectivity index (χ1v) is 13.0. The number of rotatable bonds is 5. The SMILES string of the molecule is Cc1cc(NC(=O)c2ccc(-c3ccccc3S(C)(=O)=O)cc2)n(-c2cccc3ccnc(N)c23)n1. The highest BCUT2D eigenvalue weighted by Gasteiger charge is 2.17. The number of fused-ring (bicyclic) bond motifs is 1. The van der Waals surface area contributed by atoms with Crippen molar-refractivity contribution < 1.29 is 13.2 Å². The standard InChI is InChI=1S/C27H23N5O3S/c1-17-16-24(32(31-17)22-8-5-6-19-14-15-29-26(28)25(19)22)30-27(33)20-12-10-18(11-13-20)21-7-3-4-9-23(21)36(2,34)35/h3-16H,1-2H3,(H2,28,29)(H,30,33). The number of nitrogens with zero attached hydrogens (tertiary/aromatic N) is 3. The fourth-order valence-corrected chi connectivity index (χ4v) is 5.12. The lowest BCUT2D eigenvalue weighted by Crippen LogP contribution is -2.15. The van der Waals surface area contributed by atoms with Crippen molar-refractivity contribution in [1.82, 2.24) is 14.8 Å². The van der Waals surface area contributed by atoms with Crippen LogP contribution >= 0.6 is 0 Å². The highest BCUT2D eigenvalue weighted by molar-refractivity contribution is 7.90. The molecule has 0 aliphatic rings. The van der Waals surface area contributed by atoms with Crippen molar-refractivity contribution in [1.29, 1.82) is 0 Å². The topological polar surface area (TPSA) is 120 Å². The van der Waals surface area contributed by atoms with Crippen LogP contribution in [0.3, 0.4) is 0 Å². The second kappa shape index (κ2) is 8.94. The van der Waals surface area contributed by atoms with Crippen molar-refractivity contribution in [3.05, 3.63) is 96.3 Å². The van der Waals surface area contributed by atoms with Crippen LogP contribution in [0.4, 0.5) is 11.6 Å². The maximum Gasteiger partial charge on any atom is 0.256 e. The van der Waals surface area contributed by atoms with Gasteiger partial charge in [-0.05, 0) is 48.2 Å². The Morgan fingerprint density at radius 3 is 2.47 bits per heavy atom. The van der Waals surface area contributed by atoms with Crippen molar-refractivity contribution in [3.63, 3.8) is 0 Å². The van der Waals surface area contributed by atoms with Crippen LogP contribution in [0.5, 0.6) is 0 Å². The second-order valence-corrected chi connectivity index (χ2v) is 10.4. The zero-order valence-electron chi connectivity index (χ0n) is 19.6. The average molecular weight is 498 g/mol. The van der Waals surface area contributed by atoms with Gasteiger partial charge in [-0.2, -0.15) is 5.10 Å². The third-order valence-corrected chi connectivity index (χ3v) is 7.00. The molecule has 5 aromatic rings. The van der Waals surface area contributed by atoms with E-state index in [1.165, 1.54) is 6.26 Å². The van der Waals surface area contributed by atoms with Gasteiger partial charge >= 0.3 is 0 Å². The van der Waals surface area contributed by atoms with Crippen LogP contribution in [0.25, 0.3) is 27.6 Å². The molecule has 0 atom stereocenters. The number of sulfone groups is 1. The molecule has 2 aromatic heterocycles. The number of aromatic nitrogens is 3. The monoisotopic (exact) mass is 497 g/mol. The molecule has 5 rings (SSSR count). The van der Waals surface area contributed by atoms with Crippen LogP contribution in [0, 0.1) is 6.92 Å². The number of carbonyl (C=O) groups excluding carboxylic acids is 1. The molecule has 180 valence electrons. The van der Waals surface area contributed by atoms with Crippen LogP contribution in [-0.2, 0) is 9.84 Å². The van der Waals surface area contributed by atoms with Crippen LogP contribution < -0.4 is 11.1 Å². The molecule has 9 heteroatoms. The molecule has 2 heterocycles. The normalized spacial score (nSPS) is 11.5. The number of nitrogens with one attached hydrogen (secondary N) is 1. The van der Waals surface area contributed by atoms with E-state index in [9.17, 15) is 13.2 Å². The molecule has 0 saturated carbocycles. The molecule has 3 N–H and O–H groups in total. The number of nitrogens with two attached hydrogens (primary N) is 1. The number of carbonyl (C=O) groups is 1. The first kappa shape index (κ1) is 23.3. The fraction of sp³-hybridized carbons (Fsp3) is 0.0741. The molecule has 36 heavy (non-hydrogen) atoms. The van der Waals surface area contributed by atoms with Gasteiger partial charge in [0.05, 0.1) is 16.3 Å². The Morgan fingerprint density at radius 2 is 1.72 bits per heavy atom. The summed E-state index contributed by atoms with van der Waals surface area (Å²) in [6, 6.07) is 22.9. The summed E-state index contributed by atoms with van der Waals surface area (Å²) in [4.78, 5) is 17.6. The molecule has 0 spiro atoms. The van der Waals surface area contributed by atoms with Crippen molar-refractivity contribution in [2.24, 2.45) is 0 Å². The summed E-state index contributed by atoms with van der Waals surface area (Å²) in [5.74, 6) is 0.531. The number of amides is 1. The fourth-order valence-electron chi connectivity index (χ4n) is 4.20. The number of pyridine rings is 1. The van der Waals surface area contributed by atoms with E-state index in [0.29, 0.717) is 34.0 Å². The predicted octanol–water partition coefficient (Wildman–Crippen LogP) is 4.63. The first-order valence-electron chi connectivity index (χ1n) is 11.1. The maximum absolute atomic E-state index is 13.1. The Labute approximate surface area is 208 Å². The zero-order valence-corrected chi connectivity index (χ0v) is 20.5. The number of hydrogen-bond acceptors (Lipinski definition) is 6. The molecule has 0 bridgehead atoms. The molecule has 0 fully saturated rings. The number of hydrogen-bond donors (Lipinski definition) is 2. The Morgan fingerprint density at radius 1 is 0.972 bits per heavy atom. The second-order valence-electron chi connectivity index (χ2n) is 8.45. The lowest BCUT2D eigenvalue weighted by atomic mass is 10.0. The highest BCUT2D eigenvalue weighted by Crippen LogP contribution is 2.30. The molecule has 1 amide bonds. The van der Waals surface area contributed by atoms with Gasteiger partial charge in [0, 0.05) is 35.0 Å². The van der Waals surface area contributed by atoms with E-state index in [0.717, 1.165) is 16.5 Å². The Balaban J connectivity index is 1.47. The zero-order chi connectivity index (χ0) is 25.4. The lowest BCUT2D eigenvalue weighted by Gasteiger charge is -2.13. The molecule has 0 saturated heterocycles. The van der Waals surface area contributed by atoms with E-state index in [1.807, 2.05) is 31.2 Å². The van der Waals surface area contributed by atoms with E-state index in [1.54, 1.807) is 65.5 Å². The summed E-state index contributed by atoms with van der Waals surface area (Å²) in [5.41, 5.74) is 9.29. The molecule has 0 aliphatic carbocycles. The Kier molecular flexibility index (Phi) is 5.77. The van der Waals surface area contributed by atoms with E-state index >= 15 is 0 Å². The third-order valence-electron chi connectivity index (χ3n) is 5.84. The van der Waals surface area contributed by atoms with Crippen LogP contribution in [0.2, 0.25) is 0 Å². The molecular formula is C27H23N5O3S. The predicted molar refractivity (Wildman–Crippen MR) is 141 cm³/mol. The Hall–Kier alpha value is -4.50. The van der Waals surface area contributed by atoms with E-state index in [2.05, 4.69) is 15.4 Å². The van der Waals surface area contributed by atoms with Crippen LogP contribution in [0.1, 0.15) is 16.1 Å². The summed E-state index contributed by atoms with van der Waals surface area (Å²) in [5, 5.41) is 9.15. The summed E-state index contributed by atoms with van der Waals surface area (Å²) in [6.45, 7) is 1.84. The summed E-state index contributed by atoms with van der Waals surface area (Å²) in [6.07, 6.45) is 2.83. The quantitative estimate of drug-likeness (QED) is 0.365. The Bertz CT molecular complexity index is 1720. The van der Waals surface area contributed by atoms with Crippen LogP contribution in [0.15, 0.2) is 90.0 Å². The molecule has 8 nitrogen and oxygen atoms in total. The minimum absolute atomic E-state index is 0.241. The van der Waals surface area contributed by atoms with Crippen molar-refractivity contribution in [3.8, 4) is 16.8 Å². The summed E-state index contributed by atoms with van der Waals surface area (Å²) >= 11 is 0. The minimum atomic E-state index is -3.40. The molecule has 0 unspecified atom stereocenters. The van der Waals surface area contributed by atoms with Gasteiger partial charge in [-0.25, -0.2) is 18.1 Å². The van der Waals surface area contributed by atoms with Gasteiger partial charge in [0.25, 0.3) is 5.91 Å². The molecule has 0 radical (unpaired) electrons. The van der Waals surface area contributed by atoms with Crippen LogP contribution in [-0.4, -0.2) is 35.3 Å². The van der Waals surface area contributed by atoms with Gasteiger partial charge in [0.15, 0.2) is 9.84 Å². The number of aryl methyl sites for hydroxylation is 1. The van der Waals surface area contributed by atoms with Gasteiger partial charge in [-0.1, -0.05) is 42.5 Å². The molecular weight excluding hydrogens is 474 g/mol. The van der Waals surface area contributed by atoms with E-state index in [4.69, 9.17) is 5.73 Å². The van der Waals surface area contributed by atoms with E-state index in [-0.39, 0.29) is 10.8 Å². The number of anilines is 2.